The maximum atomic E-state index is 12.8. The van der Waals surface area contributed by atoms with E-state index in [4.69, 9.17) is 11.6 Å². The molecule has 1 aliphatic rings. The molecule has 0 saturated carbocycles. The third-order valence-corrected chi connectivity index (χ3v) is 6.99. The Morgan fingerprint density at radius 2 is 1.81 bits per heavy atom. The Labute approximate surface area is 167 Å². The molecule has 0 atom stereocenters. The van der Waals surface area contributed by atoms with Gasteiger partial charge in [-0.2, -0.15) is 22.6 Å². The van der Waals surface area contributed by atoms with Crippen LogP contribution in [0.5, 0.6) is 0 Å². The van der Waals surface area contributed by atoms with Gasteiger partial charge in [-0.3, -0.25) is 9.58 Å². The van der Waals surface area contributed by atoms with Crippen molar-refractivity contribution in [2.45, 2.75) is 17.7 Å². The summed E-state index contributed by atoms with van der Waals surface area (Å²) in [6.45, 7) is 1.32. The molecule has 12 heteroatoms. The Kier molecular flexibility index (Phi) is 5.88. The molecule has 1 aromatic heterocycles. The van der Waals surface area contributed by atoms with Gasteiger partial charge in [0.1, 0.15) is 4.90 Å². The van der Waals surface area contributed by atoms with Crippen molar-refractivity contribution in [2.24, 2.45) is 0 Å². The number of rotatable bonds is 4. The highest BCUT2D eigenvalue weighted by Crippen LogP contribution is 2.29. The van der Waals surface area contributed by atoms with E-state index >= 15 is 0 Å². The Balaban J connectivity index is 1.64. The Morgan fingerprint density at radius 1 is 1.15 bits per heavy atom. The molecule has 2 aromatic rings. The first kappa shape index (κ1) is 20.6. The van der Waals surface area contributed by atoms with Crippen molar-refractivity contribution in [1.82, 2.24) is 19.0 Å². The van der Waals surface area contributed by atoms with E-state index in [-0.39, 0.29) is 29.7 Å². The van der Waals surface area contributed by atoms with E-state index < -0.39 is 21.9 Å². The fraction of sp³-hybridized carbons (Fsp3) is 0.400. The highest BCUT2D eigenvalue weighted by atomic mass is 79.9. The van der Waals surface area contributed by atoms with Gasteiger partial charge in [0.25, 0.3) is 0 Å². The van der Waals surface area contributed by atoms with Crippen LogP contribution in [0.15, 0.2) is 39.8 Å². The normalized spacial score (nSPS) is 17.4. The molecule has 1 aromatic carbocycles. The molecule has 3 rings (SSSR count). The van der Waals surface area contributed by atoms with E-state index in [1.54, 1.807) is 6.07 Å². The number of aromatic nitrogens is 2. The van der Waals surface area contributed by atoms with Crippen molar-refractivity contribution in [3.63, 3.8) is 0 Å². The maximum Gasteiger partial charge on any atom is 0.435 e. The summed E-state index contributed by atoms with van der Waals surface area (Å²) in [6.07, 6.45) is -3.23. The summed E-state index contributed by atoms with van der Waals surface area (Å²) in [4.78, 5) is 1.87. The molecular weight excluding hydrogens is 473 g/mol. The summed E-state index contributed by atoms with van der Waals surface area (Å²) in [6, 6.07) is 5.47. The number of nitrogens with zero attached hydrogens (tertiary/aromatic N) is 4. The van der Waals surface area contributed by atoms with Crippen LogP contribution in [-0.4, -0.2) is 53.6 Å². The molecule has 0 spiro atoms. The van der Waals surface area contributed by atoms with Gasteiger partial charge in [-0.05, 0) is 24.3 Å². The molecule has 0 amide bonds. The fourth-order valence-electron chi connectivity index (χ4n) is 2.73. The summed E-state index contributed by atoms with van der Waals surface area (Å²) >= 11 is 9.29. The Bertz CT molecular complexity index is 927. The first-order valence-electron chi connectivity index (χ1n) is 7.85. The predicted molar refractivity (Wildman–Crippen MR) is 96.7 cm³/mol. The highest BCUT2D eigenvalue weighted by molar-refractivity contribution is 9.10. The first-order valence-corrected chi connectivity index (χ1v) is 10.5. The van der Waals surface area contributed by atoms with Gasteiger partial charge < -0.3 is 0 Å². The van der Waals surface area contributed by atoms with Gasteiger partial charge in [0.15, 0.2) is 5.69 Å². The molecule has 1 aliphatic heterocycles. The highest BCUT2D eigenvalue weighted by Gasteiger charge is 2.34. The van der Waals surface area contributed by atoms with Crippen LogP contribution < -0.4 is 0 Å². The molecule has 6 nitrogen and oxygen atoms in total. The minimum atomic E-state index is -4.48. The summed E-state index contributed by atoms with van der Waals surface area (Å²) in [5, 5.41) is 3.63. The van der Waals surface area contributed by atoms with E-state index in [1.807, 2.05) is 4.90 Å². The fourth-order valence-corrected chi connectivity index (χ4v) is 5.16. The Hall–Kier alpha value is -1.14. The van der Waals surface area contributed by atoms with Gasteiger partial charge >= 0.3 is 6.18 Å². The monoisotopic (exact) mass is 486 g/mol. The van der Waals surface area contributed by atoms with E-state index in [2.05, 4.69) is 21.0 Å². The zero-order chi connectivity index (χ0) is 19.8. The number of hydrogen-bond acceptors (Lipinski definition) is 4. The van der Waals surface area contributed by atoms with Crippen molar-refractivity contribution in [3.8, 4) is 0 Å². The second-order valence-corrected chi connectivity index (χ2v) is 9.21. The largest absolute Gasteiger partial charge is 0.435 e. The summed E-state index contributed by atoms with van der Waals surface area (Å²) in [7, 11) is -3.74. The Morgan fingerprint density at radius 3 is 2.37 bits per heavy atom. The van der Waals surface area contributed by atoms with Crippen molar-refractivity contribution >= 4 is 37.6 Å². The van der Waals surface area contributed by atoms with Crippen LogP contribution in [0, 0.1) is 0 Å². The molecule has 0 aliphatic carbocycles. The van der Waals surface area contributed by atoms with Crippen LogP contribution in [0.25, 0.3) is 0 Å². The minimum absolute atomic E-state index is 0.0303. The van der Waals surface area contributed by atoms with Crippen LogP contribution in [-0.2, 0) is 22.9 Å². The van der Waals surface area contributed by atoms with Crippen molar-refractivity contribution < 1.29 is 21.6 Å². The lowest BCUT2D eigenvalue weighted by Crippen LogP contribution is -2.48. The molecule has 1 saturated heterocycles. The van der Waals surface area contributed by atoms with Gasteiger partial charge in [0.2, 0.25) is 10.0 Å². The smallest absolute Gasteiger partial charge is 0.282 e. The summed E-state index contributed by atoms with van der Waals surface area (Å²) in [5.74, 6) is 0. The third-order valence-electron chi connectivity index (χ3n) is 4.12. The molecule has 0 unspecified atom stereocenters. The van der Waals surface area contributed by atoms with E-state index in [0.717, 1.165) is 6.07 Å². The van der Waals surface area contributed by atoms with Crippen molar-refractivity contribution in [3.05, 3.63) is 45.7 Å². The van der Waals surface area contributed by atoms with Crippen LogP contribution in [0.4, 0.5) is 13.2 Å². The van der Waals surface area contributed by atoms with E-state index in [1.165, 1.54) is 27.3 Å². The molecule has 1 fully saturated rings. The number of hydrogen-bond donors (Lipinski definition) is 0. The van der Waals surface area contributed by atoms with Gasteiger partial charge in [-0.1, -0.05) is 27.5 Å². The molecular formula is C15H15BrClF3N4O2S. The topological polar surface area (TPSA) is 58.4 Å². The molecule has 148 valence electrons. The lowest BCUT2D eigenvalue weighted by molar-refractivity contribution is -0.141. The first-order chi connectivity index (χ1) is 12.6. The SMILES string of the molecule is O=S(=O)(c1ccc(Br)cc1Cl)N1CCN(Cn2ccc(C(F)(F)F)n2)CC1. The average molecular weight is 488 g/mol. The minimum Gasteiger partial charge on any atom is -0.282 e. The van der Waals surface area contributed by atoms with Gasteiger partial charge in [-0.25, -0.2) is 8.42 Å². The second-order valence-electron chi connectivity index (χ2n) is 5.98. The van der Waals surface area contributed by atoms with E-state index in [9.17, 15) is 21.6 Å². The maximum absolute atomic E-state index is 12.8. The number of sulfonamides is 1. The van der Waals surface area contributed by atoms with Crippen LogP contribution >= 0.6 is 27.5 Å². The van der Waals surface area contributed by atoms with Crippen molar-refractivity contribution in [2.75, 3.05) is 26.2 Å². The molecule has 0 radical (unpaired) electrons. The number of piperazine rings is 1. The van der Waals surface area contributed by atoms with Crippen LogP contribution in [0.1, 0.15) is 5.69 Å². The van der Waals surface area contributed by atoms with Crippen LogP contribution in [0.2, 0.25) is 5.02 Å². The quantitative estimate of drug-likeness (QED) is 0.664. The van der Waals surface area contributed by atoms with Crippen molar-refractivity contribution in [1.29, 1.82) is 0 Å². The van der Waals surface area contributed by atoms with Gasteiger partial charge in [0, 0.05) is 36.8 Å². The zero-order valence-corrected chi connectivity index (χ0v) is 17.0. The van der Waals surface area contributed by atoms with Gasteiger partial charge in [-0.15, -0.1) is 0 Å². The summed E-state index contributed by atoms with van der Waals surface area (Å²) < 4.78 is 66.5. The lowest BCUT2D eigenvalue weighted by Gasteiger charge is -2.33. The zero-order valence-electron chi connectivity index (χ0n) is 13.8. The van der Waals surface area contributed by atoms with Gasteiger partial charge in [0.05, 0.1) is 11.7 Å². The van der Waals surface area contributed by atoms with Crippen LogP contribution in [0.3, 0.4) is 0 Å². The predicted octanol–water partition coefficient (Wildman–Crippen LogP) is 3.28. The molecule has 0 N–H and O–H groups in total. The molecule has 2 heterocycles. The number of benzene rings is 1. The number of alkyl halides is 3. The third kappa shape index (κ3) is 4.65. The lowest BCUT2D eigenvalue weighted by atomic mass is 10.4. The second kappa shape index (κ2) is 7.70. The standard InChI is InChI=1S/C15H15BrClF3N4O2S/c16-11-1-2-13(12(17)9-11)27(25,26)24-7-5-22(6-8-24)10-23-4-3-14(21-23)15(18,19)20/h1-4,9H,5-8,10H2. The number of halogens is 5. The molecule has 0 bridgehead atoms. The molecule has 27 heavy (non-hydrogen) atoms. The van der Waals surface area contributed by atoms with E-state index in [0.29, 0.717) is 17.6 Å². The average Bonchev–Trinajstić information content (AvgIpc) is 3.04. The summed E-state index contributed by atoms with van der Waals surface area (Å²) in [5.41, 5.74) is -0.950.